The summed E-state index contributed by atoms with van der Waals surface area (Å²) in [6.45, 7) is 9.23. The van der Waals surface area contributed by atoms with Crippen LogP contribution in [-0.2, 0) is 5.41 Å². The van der Waals surface area contributed by atoms with Gasteiger partial charge in [0.1, 0.15) is 5.82 Å². The minimum absolute atomic E-state index is 0.000287. The van der Waals surface area contributed by atoms with Crippen LogP contribution in [0.5, 0.6) is 0 Å². The molecule has 1 aliphatic carbocycles. The quantitative estimate of drug-likeness (QED) is 0.498. The second-order valence-electron chi connectivity index (χ2n) is 8.29. The molecule has 0 amide bonds. The van der Waals surface area contributed by atoms with Crippen molar-refractivity contribution in [3.05, 3.63) is 54.1 Å². The number of rotatable bonds is 8. The molecule has 2 heterocycles. The van der Waals surface area contributed by atoms with E-state index in [0.29, 0.717) is 6.54 Å². The summed E-state index contributed by atoms with van der Waals surface area (Å²) in [6, 6.07) is 8.82. The van der Waals surface area contributed by atoms with Crippen LogP contribution < -0.4 is 15.5 Å². The zero-order valence-electron chi connectivity index (χ0n) is 18.2. The Bertz CT molecular complexity index is 861. The lowest BCUT2D eigenvalue weighted by Crippen LogP contribution is -2.49. The molecule has 0 unspecified atom stereocenters. The van der Waals surface area contributed by atoms with Gasteiger partial charge in [0.15, 0.2) is 5.96 Å². The molecule has 2 fully saturated rings. The fourth-order valence-corrected chi connectivity index (χ4v) is 4.04. The van der Waals surface area contributed by atoms with Crippen LogP contribution in [0.25, 0.3) is 0 Å². The van der Waals surface area contributed by atoms with E-state index in [-0.39, 0.29) is 11.2 Å². The summed E-state index contributed by atoms with van der Waals surface area (Å²) in [4.78, 5) is 18.2. The number of benzene rings is 1. The predicted octanol–water partition coefficient (Wildman–Crippen LogP) is 2.02. The Labute approximate surface area is 183 Å². The van der Waals surface area contributed by atoms with Gasteiger partial charge in [-0.3, -0.25) is 9.89 Å². The maximum absolute atomic E-state index is 13.6. The number of aliphatic imine (C=N–C) groups is 1. The SMILES string of the molecule is CCNC(=NCC1(c2cccc(F)c2)CC1)NCCN1CCN(c2ncccn2)CC1. The van der Waals surface area contributed by atoms with Gasteiger partial charge in [0.05, 0.1) is 6.54 Å². The molecule has 2 aromatic rings. The molecule has 1 saturated heterocycles. The van der Waals surface area contributed by atoms with Gasteiger partial charge in [-0.15, -0.1) is 0 Å². The van der Waals surface area contributed by atoms with Crippen molar-refractivity contribution < 1.29 is 4.39 Å². The van der Waals surface area contributed by atoms with Gasteiger partial charge in [-0.1, -0.05) is 12.1 Å². The van der Waals surface area contributed by atoms with Crippen LogP contribution in [0, 0.1) is 5.82 Å². The van der Waals surface area contributed by atoms with Crippen molar-refractivity contribution in [1.82, 2.24) is 25.5 Å². The number of guanidine groups is 1. The van der Waals surface area contributed by atoms with Crippen molar-refractivity contribution >= 4 is 11.9 Å². The summed E-state index contributed by atoms with van der Waals surface area (Å²) in [7, 11) is 0. The zero-order valence-corrected chi connectivity index (χ0v) is 18.2. The molecule has 0 spiro atoms. The molecule has 31 heavy (non-hydrogen) atoms. The van der Waals surface area contributed by atoms with Crippen LogP contribution >= 0.6 is 0 Å². The Hall–Kier alpha value is -2.74. The zero-order chi connectivity index (χ0) is 21.5. The fraction of sp³-hybridized carbons (Fsp3) is 0.522. The topological polar surface area (TPSA) is 68.7 Å². The predicted molar refractivity (Wildman–Crippen MR) is 122 cm³/mol. The number of aromatic nitrogens is 2. The van der Waals surface area contributed by atoms with Crippen LogP contribution in [-0.4, -0.2) is 73.2 Å². The van der Waals surface area contributed by atoms with Crippen molar-refractivity contribution in [2.24, 2.45) is 4.99 Å². The Balaban J connectivity index is 1.24. The number of hydrogen-bond donors (Lipinski definition) is 2. The van der Waals surface area contributed by atoms with Crippen LogP contribution in [0.1, 0.15) is 25.3 Å². The highest BCUT2D eigenvalue weighted by Crippen LogP contribution is 2.48. The van der Waals surface area contributed by atoms with Gasteiger partial charge in [0.2, 0.25) is 5.95 Å². The van der Waals surface area contributed by atoms with E-state index < -0.39 is 0 Å². The molecule has 1 aliphatic heterocycles. The van der Waals surface area contributed by atoms with Gasteiger partial charge in [-0.05, 0) is 43.5 Å². The monoisotopic (exact) mass is 425 g/mol. The second-order valence-corrected chi connectivity index (χ2v) is 8.29. The lowest BCUT2D eigenvalue weighted by molar-refractivity contribution is 0.260. The smallest absolute Gasteiger partial charge is 0.225 e. The molecule has 2 aliphatic rings. The summed E-state index contributed by atoms with van der Waals surface area (Å²) in [5.41, 5.74) is 1.06. The number of piperazine rings is 1. The van der Waals surface area contributed by atoms with Gasteiger partial charge < -0.3 is 15.5 Å². The first-order valence-corrected chi connectivity index (χ1v) is 11.2. The first-order valence-electron chi connectivity index (χ1n) is 11.2. The van der Waals surface area contributed by atoms with E-state index in [1.54, 1.807) is 24.5 Å². The highest BCUT2D eigenvalue weighted by molar-refractivity contribution is 5.79. The lowest BCUT2D eigenvalue weighted by Gasteiger charge is -2.34. The average Bonchev–Trinajstić information content (AvgIpc) is 3.60. The van der Waals surface area contributed by atoms with Crippen molar-refractivity contribution in [3.8, 4) is 0 Å². The second kappa shape index (κ2) is 10.0. The van der Waals surface area contributed by atoms with Crippen LogP contribution in [0.4, 0.5) is 10.3 Å². The minimum Gasteiger partial charge on any atom is -0.357 e. The lowest BCUT2D eigenvalue weighted by atomic mass is 9.96. The number of halogens is 1. The van der Waals surface area contributed by atoms with Crippen molar-refractivity contribution in [2.75, 3.05) is 57.3 Å². The Morgan fingerprint density at radius 2 is 1.87 bits per heavy atom. The molecule has 166 valence electrons. The molecule has 7 nitrogen and oxygen atoms in total. The molecule has 0 atom stereocenters. The number of anilines is 1. The van der Waals surface area contributed by atoms with E-state index in [1.807, 2.05) is 12.1 Å². The Kier molecular flexibility index (Phi) is 6.96. The third-order valence-corrected chi connectivity index (χ3v) is 6.10. The Morgan fingerprint density at radius 1 is 1.10 bits per heavy atom. The largest absolute Gasteiger partial charge is 0.357 e. The summed E-state index contributed by atoms with van der Waals surface area (Å²) in [5, 5.41) is 6.79. The van der Waals surface area contributed by atoms with Crippen molar-refractivity contribution in [3.63, 3.8) is 0 Å². The first-order chi connectivity index (χ1) is 15.2. The summed E-state index contributed by atoms with van der Waals surface area (Å²) < 4.78 is 13.6. The summed E-state index contributed by atoms with van der Waals surface area (Å²) >= 11 is 0. The van der Waals surface area contributed by atoms with Gasteiger partial charge in [-0.2, -0.15) is 0 Å². The maximum atomic E-state index is 13.6. The van der Waals surface area contributed by atoms with E-state index in [2.05, 4.69) is 37.3 Å². The van der Waals surface area contributed by atoms with Crippen molar-refractivity contribution in [1.29, 1.82) is 0 Å². The van der Waals surface area contributed by atoms with E-state index >= 15 is 0 Å². The number of hydrogen-bond acceptors (Lipinski definition) is 5. The van der Waals surface area contributed by atoms with Gasteiger partial charge >= 0.3 is 0 Å². The number of nitrogens with zero attached hydrogens (tertiary/aromatic N) is 5. The average molecular weight is 426 g/mol. The van der Waals surface area contributed by atoms with E-state index in [9.17, 15) is 4.39 Å². The van der Waals surface area contributed by atoms with Gasteiger partial charge in [0, 0.05) is 63.6 Å². The third kappa shape index (κ3) is 5.70. The minimum atomic E-state index is -0.170. The van der Waals surface area contributed by atoms with E-state index in [4.69, 9.17) is 4.99 Å². The van der Waals surface area contributed by atoms with Crippen LogP contribution in [0.2, 0.25) is 0 Å². The molecule has 0 radical (unpaired) electrons. The molecule has 8 heteroatoms. The molecule has 1 saturated carbocycles. The first kappa shape index (κ1) is 21.5. The molecule has 1 aromatic carbocycles. The summed E-state index contributed by atoms with van der Waals surface area (Å²) in [5.74, 6) is 1.48. The Morgan fingerprint density at radius 3 is 2.55 bits per heavy atom. The molecule has 1 aromatic heterocycles. The third-order valence-electron chi connectivity index (χ3n) is 6.10. The van der Waals surface area contributed by atoms with Gasteiger partial charge in [-0.25, -0.2) is 14.4 Å². The van der Waals surface area contributed by atoms with Crippen LogP contribution in [0.3, 0.4) is 0 Å². The normalized spacial score (nSPS) is 18.6. The molecule has 0 bridgehead atoms. The summed E-state index contributed by atoms with van der Waals surface area (Å²) in [6.07, 6.45) is 5.71. The molecular formula is C23H32FN7. The van der Waals surface area contributed by atoms with Crippen molar-refractivity contribution in [2.45, 2.75) is 25.2 Å². The maximum Gasteiger partial charge on any atom is 0.225 e. The van der Waals surface area contributed by atoms with Crippen LogP contribution in [0.15, 0.2) is 47.7 Å². The highest BCUT2D eigenvalue weighted by Gasteiger charge is 2.44. The number of nitrogens with one attached hydrogen (secondary N) is 2. The van der Waals surface area contributed by atoms with Gasteiger partial charge in [0.25, 0.3) is 0 Å². The highest BCUT2D eigenvalue weighted by atomic mass is 19.1. The fourth-order valence-electron chi connectivity index (χ4n) is 4.04. The molecular weight excluding hydrogens is 393 g/mol. The van der Waals surface area contributed by atoms with E-state index in [1.165, 1.54) is 6.07 Å². The molecule has 2 N–H and O–H groups in total. The van der Waals surface area contributed by atoms with E-state index in [0.717, 1.165) is 76.1 Å². The standard InChI is InChI=1S/C23H32FN7/c1-2-25-21(29-18-23(7-8-23)19-5-3-6-20(24)17-19)26-11-12-30-13-15-31(16-14-30)22-27-9-4-10-28-22/h3-6,9-10,17H,2,7-8,11-16,18H2,1H3,(H2,25,26,29). The molecule has 4 rings (SSSR count).